The number of phenols is 10. The molecule has 2 heterocycles. The third kappa shape index (κ3) is 6.20. The fraction of sp³-hybridized carbons (Fsp3) is 0.143. The SMILES string of the molecule is Oc1ccc(C2Oc3cc(O)cc4c3C2c2cc(O)cc(O)c2C(c2ccc(O)cc2)C4C2c3cc(O)cc4c3C(c3cc(O)cc(O)c3C2c2ccc(O)cc2)C(c2ccc(O)cc2)O4)cc1. The van der Waals surface area contributed by atoms with Gasteiger partial charge >= 0.3 is 0 Å². The third-order valence-corrected chi connectivity index (χ3v) is 14.5. The minimum absolute atomic E-state index is 0.0182. The molecule has 0 bridgehead atoms. The van der Waals surface area contributed by atoms with E-state index in [1.54, 1.807) is 121 Å². The van der Waals surface area contributed by atoms with Crippen molar-refractivity contribution in [3.8, 4) is 69.0 Å². The predicted octanol–water partition coefficient (Wildman–Crippen LogP) is 10.4. The first kappa shape index (κ1) is 40.8. The molecule has 12 rings (SSSR count). The van der Waals surface area contributed by atoms with Crippen LogP contribution in [-0.2, 0) is 0 Å². The van der Waals surface area contributed by atoms with Gasteiger partial charge in [-0.15, -0.1) is 0 Å². The van der Waals surface area contributed by atoms with Crippen LogP contribution in [0.3, 0.4) is 0 Å². The van der Waals surface area contributed by atoms with Crippen LogP contribution in [0.2, 0.25) is 0 Å². The molecule has 0 aromatic heterocycles. The fourth-order valence-electron chi connectivity index (χ4n) is 12.0. The smallest absolute Gasteiger partial charge is 0.135 e. The van der Waals surface area contributed by atoms with E-state index in [1.807, 2.05) is 0 Å². The normalized spacial score (nSPS) is 22.6. The second kappa shape index (κ2) is 14.9. The minimum Gasteiger partial charge on any atom is -0.508 e. The van der Waals surface area contributed by atoms with Crippen molar-refractivity contribution >= 4 is 0 Å². The summed E-state index contributed by atoms with van der Waals surface area (Å²) in [4.78, 5) is 0. The lowest BCUT2D eigenvalue weighted by molar-refractivity contribution is 0.221. The summed E-state index contributed by atoms with van der Waals surface area (Å²) in [5.41, 5.74) is 6.75. The average molecular weight is 907 g/mol. The van der Waals surface area contributed by atoms with Crippen LogP contribution < -0.4 is 9.47 Å². The van der Waals surface area contributed by atoms with Gasteiger partial charge in [-0.2, -0.15) is 0 Å². The van der Waals surface area contributed by atoms with E-state index in [9.17, 15) is 51.1 Å². The number of fused-ring (bicyclic) bond motifs is 4. The maximum Gasteiger partial charge on any atom is 0.135 e. The molecule has 68 heavy (non-hydrogen) atoms. The Morgan fingerprint density at radius 3 is 0.897 bits per heavy atom. The molecule has 0 saturated heterocycles. The minimum atomic E-state index is -0.918. The molecule has 338 valence electrons. The molecule has 12 nitrogen and oxygen atoms in total. The second-order valence-electron chi connectivity index (χ2n) is 18.2. The van der Waals surface area contributed by atoms with E-state index in [2.05, 4.69) is 0 Å². The summed E-state index contributed by atoms with van der Waals surface area (Å²) in [7, 11) is 0. The molecule has 8 aromatic carbocycles. The van der Waals surface area contributed by atoms with Crippen molar-refractivity contribution in [3.63, 3.8) is 0 Å². The van der Waals surface area contributed by atoms with Crippen LogP contribution in [0, 0.1) is 0 Å². The maximum atomic E-state index is 12.5. The highest BCUT2D eigenvalue weighted by molar-refractivity contribution is 5.71. The highest BCUT2D eigenvalue weighted by atomic mass is 16.5. The Kier molecular flexibility index (Phi) is 8.97. The Labute approximate surface area is 388 Å². The molecule has 12 heteroatoms. The van der Waals surface area contributed by atoms with E-state index in [0.29, 0.717) is 78.3 Å². The van der Waals surface area contributed by atoms with Crippen LogP contribution in [-0.4, -0.2) is 51.1 Å². The lowest BCUT2D eigenvalue weighted by Gasteiger charge is -2.40. The van der Waals surface area contributed by atoms with Gasteiger partial charge in [0.05, 0.1) is 11.8 Å². The Hall–Kier alpha value is -8.64. The molecular formula is C56H42O12. The van der Waals surface area contributed by atoms with Crippen molar-refractivity contribution in [2.45, 2.75) is 47.7 Å². The first-order valence-corrected chi connectivity index (χ1v) is 22.2. The molecule has 8 unspecified atom stereocenters. The standard InChI is InChI=1S/C56H42O12/c57-29-9-1-25(2-10-29)45-47-37(17-33(61)21-41(47)65)53-49-39(19-35(63)23-43(49)67-55(53)27-5-13-31(59)14-6-27)51(45)52-40-20-36(64)24-44-50(40)54(56(68-44)28-7-15-32(60)16-8-28)38-18-34(62)22-42(66)48(38)46(52)26-3-11-30(58)12-4-26/h1-24,45-46,51-66H. The van der Waals surface area contributed by atoms with Crippen LogP contribution in [0.1, 0.15) is 114 Å². The average Bonchev–Trinajstić information content (AvgIpc) is 3.81. The van der Waals surface area contributed by atoms with Crippen LogP contribution in [0.4, 0.5) is 0 Å². The fourth-order valence-corrected chi connectivity index (χ4v) is 12.0. The predicted molar refractivity (Wildman–Crippen MR) is 248 cm³/mol. The van der Waals surface area contributed by atoms with Gasteiger partial charge in [0.1, 0.15) is 81.2 Å². The topological polar surface area (TPSA) is 221 Å². The van der Waals surface area contributed by atoms with Gasteiger partial charge in [0.15, 0.2) is 0 Å². The Morgan fingerprint density at radius 2 is 0.559 bits per heavy atom. The molecule has 0 spiro atoms. The molecule has 0 saturated carbocycles. The number of phenolic OH excluding ortho intramolecular Hbond substituents is 10. The van der Waals surface area contributed by atoms with Crippen LogP contribution in [0.15, 0.2) is 146 Å². The van der Waals surface area contributed by atoms with Crippen molar-refractivity contribution in [2.75, 3.05) is 0 Å². The molecule has 8 aromatic rings. The van der Waals surface area contributed by atoms with Crippen LogP contribution >= 0.6 is 0 Å². The van der Waals surface area contributed by atoms with Crippen molar-refractivity contribution in [1.82, 2.24) is 0 Å². The van der Waals surface area contributed by atoms with E-state index in [0.717, 1.165) is 0 Å². The van der Waals surface area contributed by atoms with Crippen LogP contribution in [0.25, 0.3) is 0 Å². The summed E-state index contributed by atoms with van der Waals surface area (Å²) in [6, 6.07) is 38.4. The Balaban J connectivity index is 1.25. The quantitative estimate of drug-likeness (QED) is 0.0780. The molecule has 4 aliphatic rings. The maximum absolute atomic E-state index is 12.5. The molecule has 8 atom stereocenters. The van der Waals surface area contributed by atoms with Gasteiger partial charge in [0, 0.05) is 70.2 Å². The van der Waals surface area contributed by atoms with E-state index in [-0.39, 0.29) is 57.5 Å². The number of benzene rings is 8. The van der Waals surface area contributed by atoms with E-state index >= 15 is 0 Å². The zero-order valence-corrected chi connectivity index (χ0v) is 35.8. The van der Waals surface area contributed by atoms with Gasteiger partial charge in [0.25, 0.3) is 0 Å². The Bertz CT molecular complexity index is 3110. The number of hydrogen-bond donors (Lipinski definition) is 10. The van der Waals surface area contributed by atoms with Gasteiger partial charge in [-0.1, -0.05) is 48.5 Å². The van der Waals surface area contributed by atoms with E-state index in [4.69, 9.17) is 9.47 Å². The summed E-state index contributed by atoms with van der Waals surface area (Å²) in [6.07, 6.45) is -1.62. The van der Waals surface area contributed by atoms with Crippen molar-refractivity contribution < 1.29 is 60.5 Å². The number of hydrogen-bond acceptors (Lipinski definition) is 12. The lowest BCUT2D eigenvalue weighted by Crippen LogP contribution is -2.26. The monoisotopic (exact) mass is 906 g/mol. The van der Waals surface area contributed by atoms with Gasteiger partial charge in [-0.05, 0) is 117 Å². The molecular weight excluding hydrogens is 865 g/mol. The molecule has 10 N–H and O–H groups in total. The number of rotatable bonds is 5. The molecule has 2 aliphatic carbocycles. The third-order valence-electron chi connectivity index (χ3n) is 14.5. The summed E-state index contributed by atoms with van der Waals surface area (Å²) in [5, 5.41) is 114. The van der Waals surface area contributed by atoms with E-state index in [1.165, 1.54) is 24.3 Å². The summed E-state index contributed by atoms with van der Waals surface area (Å²) < 4.78 is 13.7. The Morgan fingerprint density at radius 1 is 0.265 bits per heavy atom. The zero-order valence-electron chi connectivity index (χ0n) is 35.8. The second-order valence-corrected chi connectivity index (χ2v) is 18.2. The first-order valence-electron chi connectivity index (χ1n) is 22.2. The van der Waals surface area contributed by atoms with Gasteiger partial charge in [0.2, 0.25) is 0 Å². The van der Waals surface area contributed by atoms with Gasteiger partial charge in [-0.3, -0.25) is 0 Å². The van der Waals surface area contributed by atoms with Crippen molar-refractivity contribution in [1.29, 1.82) is 0 Å². The molecule has 0 radical (unpaired) electrons. The molecule has 0 fully saturated rings. The molecule has 2 aliphatic heterocycles. The van der Waals surface area contributed by atoms with Crippen molar-refractivity contribution in [3.05, 3.63) is 212 Å². The van der Waals surface area contributed by atoms with Gasteiger partial charge in [-0.25, -0.2) is 0 Å². The number of ether oxygens (including phenoxy) is 2. The van der Waals surface area contributed by atoms with Crippen molar-refractivity contribution in [2.24, 2.45) is 0 Å². The lowest BCUT2D eigenvalue weighted by atomic mass is 9.62. The summed E-state index contributed by atoms with van der Waals surface area (Å²) in [6.45, 7) is 0. The molecule has 0 amide bonds. The van der Waals surface area contributed by atoms with Gasteiger partial charge < -0.3 is 60.5 Å². The number of aromatic hydroxyl groups is 10. The van der Waals surface area contributed by atoms with E-state index < -0.39 is 47.7 Å². The summed E-state index contributed by atoms with van der Waals surface area (Å²) >= 11 is 0. The first-order chi connectivity index (χ1) is 32.8. The van der Waals surface area contributed by atoms with Crippen LogP contribution in [0.5, 0.6) is 69.0 Å². The highest BCUT2D eigenvalue weighted by Gasteiger charge is 2.55. The highest BCUT2D eigenvalue weighted by Crippen LogP contribution is 2.69. The largest absolute Gasteiger partial charge is 0.508 e. The zero-order chi connectivity index (χ0) is 46.9. The summed E-state index contributed by atoms with van der Waals surface area (Å²) in [5.74, 6) is -5.69.